The molecule has 0 saturated heterocycles. The summed E-state index contributed by atoms with van der Waals surface area (Å²) in [6, 6.07) is 0. The Bertz CT molecular complexity index is 509. The molecule has 0 saturated carbocycles. The van der Waals surface area contributed by atoms with E-state index in [1.807, 2.05) is 6.92 Å². The van der Waals surface area contributed by atoms with Crippen LogP contribution in [0.2, 0.25) is 0 Å². The second-order valence-corrected chi connectivity index (χ2v) is 5.97. The van der Waals surface area contributed by atoms with E-state index in [0.29, 0.717) is 6.54 Å². The number of nitrogens with two attached hydrogens (primary N) is 1. The smallest absolute Gasteiger partial charge is 0.230 e. The minimum Gasteiger partial charge on any atom is -0.476 e. The van der Waals surface area contributed by atoms with Gasteiger partial charge in [-0.25, -0.2) is 18.8 Å². The van der Waals surface area contributed by atoms with Gasteiger partial charge in [-0.1, -0.05) is 6.92 Å². The number of rotatable bonds is 2. The van der Waals surface area contributed by atoms with Gasteiger partial charge in [-0.15, -0.1) is 0 Å². The van der Waals surface area contributed by atoms with Crippen molar-refractivity contribution in [2.45, 2.75) is 18.4 Å². The zero-order valence-corrected chi connectivity index (χ0v) is 9.66. The van der Waals surface area contributed by atoms with Gasteiger partial charge in [0.1, 0.15) is 14.8 Å². The lowest BCUT2D eigenvalue weighted by Gasteiger charge is -2.32. The third kappa shape index (κ3) is 1.79. The van der Waals surface area contributed by atoms with Crippen LogP contribution in [0.5, 0.6) is 5.88 Å². The minimum absolute atomic E-state index is 0.0273. The topological polar surface area (TPSA) is 114 Å². The van der Waals surface area contributed by atoms with Gasteiger partial charge in [-0.3, -0.25) is 0 Å². The Hall–Kier alpha value is -1.12. The normalized spacial score (nSPS) is 27.9. The van der Waals surface area contributed by atoms with E-state index in [9.17, 15) is 9.32 Å². The molecule has 0 aliphatic carbocycles. The molecule has 2 rings (SSSR count). The van der Waals surface area contributed by atoms with Crippen LogP contribution in [0.15, 0.2) is 11.1 Å². The summed E-state index contributed by atoms with van der Waals surface area (Å²) >= 11 is 0. The van der Waals surface area contributed by atoms with Crippen molar-refractivity contribution in [3.05, 3.63) is 6.20 Å². The van der Waals surface area contributed by atoms with Gasteiger partial charge in [-0.05, 0) is 0 Å². The summed E-state index contributed by atoms with van der Waals surface area (Å²) in [7, 11) is -3.32. The van der Waals surface area contributed by atoms with Gasteiger partial charge in [0.15, 0.2) is 0 Å². The van der Waals surface area contributed by atoms with Gasteiger partial charge in [0.2, 0.25) is 5.88 Å². The number of hydrogen-bond donors (Lipinski definition) is 3. The van der Waals surface area contributed by atoms with Crippen LogP contribution in [0.25, 0.3) is 0 Å². The molecule has 1 aromatic heterocycles. The van der Waals surface area contributed by atoms with Crippen LogP contribution in [0, 0.1) is 10.2 Å². The number of aliphatic hydroxyl groups excluding tert-OH is 1. The summed E-state index contributed by atoms with van der Waals surface area (Å²) in [6.45, 7) is 2.57. The van der Waals surface area contributed by atoms with E-state index in [0.717, 1.165) is 0 Å². The lowest BCUT2D eigenvalue weighted by atomic mass is 9.92. The van der Waals surface area contributed by atoms with E-state index < -0.39 is 15.3 Å². The highest BCUT2D eigenvalue weighted by molar-refractivity contribution is 7.90. The van der Waals surface area contributed by atoms with Crippen LogP contribution >= 0.6 is 0 Å². The summed E-state index contributed by atoms with van der Waals surface area (Å²) < 4.78 is 25.6. The minimum atomic E-state index is -3.32. The molecule has 0 spiro atoms. The predicted molar refractivity (Wildman–Crippen MR) is 56.2 cm³/mol. The number of aliphatic hydroxyl groups is 1. The molecule has 2 heterocycles. The lowest BCUT2D eigenvalue weighted by Crippen LogP contribution is -2.38. The van der Waals surface area contributed by atoms with Crippen molar-refractivity contribution in [1.29, 1.82) is 4.78 Å². The predicted octanol–water partition coefficient (Wildman–Crippen LogP) is -0.447. The first-order chi connectivity index (χ1) is 7.36. The highest BCUT2D eigenvalue weighted by Crippen LogP contribution is 2.32. The fourth-order valence-electron chi connectivity index (χ4n) is 1.57. The first-order valence-electron chi connectivity index (χ1n) is 4.72. The third-order valence-corrected chi connectivity index (χ3v) is 3.49. The van der Waals surface area contributed by atoms with Crippen LogP contribution in [0.3, 0.4) is 0 Å². The molecule has 90 valence electrons. The molecule has 0 fully saturated rings. The summed E-state index contributed by atoms with van der Waals surface area (Å²) in [5, 5.41) is 18.4. The van der Waals surface area contributed by atoms with Crippen molar-refractivity contribution in [2.75, 3.05) is 13.2 Å². The molecule has 4 N–H and O–H groups in total. The van der Waals surface area contributed by atoms with E-state index in [-0.39, 0.29) is 24.0 Å². The molecule has 0 amide bonds. The fraction of sp³-hybridized carbons (Fsp3) is 0.625. The average molecular weight is 246 g/mol. The Labute approximate surface area is 93.3 Å². The quantitative estimate of drug-likeness (QED) is 0.655. The monoisotopic (exact) mass is 246 g/mol. The Kier molecular flexibility index (Phi) is 2.44. The number of nitrogens with one attached hydrogen (secondary N) is 1. The van der Waals surface area contributed by atoms with Crippen molar-refractivity contribution in [2.24, 2.45) is 10.6 Å². The first-order valence-corrected chi connectivity index (χ1v) is 6.34. The maximum absolute atomic E-state index is 11.4. The van der Waals surface area contributed by atoms with Gasteiger partial charge in [0.25, 0.3) is 0 Å². The fourth-order valence-corrected chi connectivity index (χ4v) is 2.20. The number of nitrogens with zero attached hydrogens (tertiary/aromatic N) is 2. The third-order valence-electron chi connectivity index (χ3n) is 2.56. The molecule has 2 unspecified atom stereocenters. The van der Waals surface area contributed by atoms with Gasteiger partial charge in [0, 0.05) is 5.41 Å². The van der Waals surface area contributed by atoms with Crippen molar-refractivity contribution in [3.8, 4) is 5.88 Å². The molecule has 7 nitrogen and oxygen atoms in total. The SMILES string of the molecule is CC1(CO)COc2c(S(=N)(N)=O)cnn2C1. The average Bonchev–Trinajstić information content (AvgIpc) is 2.59. The summed E-state index contributed by atoms with van der Waals surface area (Å²) in [4.78, 5) is 0.104. The summed E-state index contributed by atoms with van der Waals surface area (Å²) in [5.41, 5.74) is -0.409. The molecule has 0 aromatic carbocycles. The maximum atomic E-state index is 11.4. The van der Waals surface area contributed by atoms with Gasteiger partial charge in [-0.2, -0.15) is 5.10 Å². The maximum Gasteiger partial charge on any atom is 0.230 e. The summed E-state index contributed by atoms with van der Waals surface area (Å²) in [6.07, 6.45) is 1.29. The molecule has 16 heavy (non-hydrogen) atoms. The Morgan fingerprint density at radius 2 is 2.56 bits per heavy atom. The second kappa shape index (κ2) is 3.44. The van der Waals surface area contributed by atoms with E-state index in [1.54, 1.807) is 0 Å². The molecule has 1 aromatic rings. The largest absolute Gasteiger partial charge is 0.476 e. The second-order valence-electron chi connectivity index (χ2n) is 4.33. The van der Waals surface area contributed by atoms with Crippen LogP contribution < -0.4 is 9.88 Å². The van der Waals surface area contributed by atoms with Crippen LogP contribution in [-0.2, 0) is 16.5 Å². The molecule has 0 bridgehead atoms. The number of hydrogen-bond acceptors (Lipinski definition) is 5. The Morgan fingerprint density at radius 1 is 1.88 bits per heavy atom. The van der Waals surface area contributed by atoms with E-state index >= 15 is 0 Å². The lowest BCUT2D eigenvalue weighted by molar-refractivity contribution is 0.0287. The number of ether oxygens (including phenoxy) is 1. The standard InChI is InChI=1S/C8H14N4O3S/c1-8(4-13)3-12-7(15-5-8)6(2-11-12)16(9,10)14/h2,13H,3-5H2,1H3,(H3,9,10,14). The van der Waals surface area contributed by atoms with E-state index in [1.165, 1.54) is 10.9 Å². The Balaban J connectivity index is 2.42. The molecule has 1 aliphatic heterocycles. The van der Waals surface area contributed by atoms with Crippen molar-refractivity contribution in [3.63, 3.8) is 0 Å². The molecule has 1 aliphatic rings. The highest BCUT2D eigenvalue weighted by Gasteiger charge is 2.34. The van der Waals surface area contributed by atoms with Gasteiger partial charge < -0.3 is 9.84 Å². The van der Waals surface area contributed by atoms with E-state index in [2.05, 4.69) is 5.10 Å². The van der Waals surface area contributed by atoms with Crippen LogP contribution in [0.4, 0.5) is 0 Å². The summed E-state index contributed by atoms with van der Waals surface area (Å²) in [5.74, 6) is 0.272. The number of aromatic nitrogens is 2. The molecular weight excluding hydrogens is 232 g/mol. The van der Waals surface area contributed by atoms with Crippen molar-refractivity contribution >= 4 is 9.92 Å². The van der Waals surface area contributed by atoms with Crippen molar-refractivity contribution < 1.29 is 14.1 Å². The van der Waals surface area contributed by atoms with Gasteiger partial charge >= 0.3 is 0 Å². The van der Waals surface area contributed by atoms with E-state index in [4.69, 9.17) is 14.7 Å². The molecule has 0 radical (unpaired) electrons. The first kappa shape index (κ1) is 11.4. The Morgan fingerprint density at radius 3 is 3.12 bits per heavy atom. The van der Waals surface area contributed by atoms with Crippen LogP contribution in [-0.4, -0.2) is 32.3 Å². The van der Waals surface area contributed by atoms with Crippen LogP contribution in [0.1, 0.15) is 6.92 Å². The van der Waals surface area contributed by atoms with Crippen molar-refractivity contribution in [1.82, 2.24) is 9.78 Å². The van der Waals surface area contributed by atoms with Gasteiger partial charge in [0.05, 0.1) is 26.0 Å². The number of fused-ring (bicyclic) bond motifs is 1. The highest BCUT2D eigenvalue weighted by atomic mass is 32.2. The molecule has 8 heteroatoms. The molecule has 2 atom stereocenters. The zero-order valence-electron chi connectivity index (χ0n) is 8.84. The zero-order chi connectivity index (χ0) is 12.0. The molecular formula is C8H14N4O3S.